The number of phenolic OH excluding ortho intramolecular Hbond substituents is 1. The average molecular weight is 237 g/mol. The van der Waals surface area contributed by atoms with Crippen LogP contribution in [-0.4, -0.2) is 22.8 Å². The molecule has 1 aromatic carbocycles. The summed E-state index contributed by atoms with van der Waals surface area (Å²) in [4.78, 5) is 13.5. The van der Waals surface area contributed by atoms with E-state index in [2.05, 4.69) is 12.6 Å². The predicted molar refractivity (Wildman–Crippen MR) is 67.3 cm³/mol. The van der Waals surface area contributed by atoms with Crippen molar-refractivity contribution in [1.82, 2.24) is 0 Å². The van der Waals surface area contributed by atoms with Crippen LogP contribution in [0.4, 0.5) is 5.69 Å². The Morgan fingerprint density at radius 1 is 1.38 bits per heavy atom. The Hall–Kier alpha value is -1.16. The fourth-order valence-corrected chi connectivity index (χ4v) is 2.32. The largest absolute Gasteiger partial charge is 0.508 e. The van der Waals surface area contributed by atoms with Gasteiger partial charge in [0.25, 0.3) is 0 Å². The quantitative estimate of drug-likeness (QED) is 0.734. The Morgan fingerprint density at radius 2 is 2.06 bits per heavy atom. The maximum atomic E-state index is 11.7. The fraction of sp³-hybridized carbons (Fsp3) is 0.417. The molecule has 0 bridgehead atoms. The van der Waals surface area contributed by atoms with Crippen LogP contribution >= 0.6 is 12.6 Å². The first kappa shape index (κ1) is 11.3. The maximum Gasteiger partial charge on any atom is 0.228 e. The number of thiol groups is 1. The number of carbonyl (C=O) groups is 1. The molecule has 3 nitrogen and oxygen atoms in total. The molecule has 1 aromatic rings. The summed E-state index contributed by atoms with van der Waals surface area (Å²) in [5.41, 5.74) is 2.59. The third-order valence-electron chi connectivity index (χ3n) is 2.91. The second-order valence-corrected chi connectivity index (χ2v) is 5.02. The van der Waals surface area contributed by atoms with Gasteiger partial charge in [0.15, 0.2) is 0 Å². The fourth-order valence-electron chi connectivity index (χ4n) is 2.00. The van der Waals surface area contributed by atoms with Crippen molar-refractivity contribution < 1.29 is 9.90 Å². The lowest BCUT2D eigenvalue weighted by Gasteiger charge is -2.19. The Kier molecular flexibility index (Phi) is 2.84. The number of benzene rings is 1. The molecule has 1 fully saturated rings. The summed E-state index contributed by atoms with van der Waals surface area (Å²) in [5, 5.41) is 9.68. The molecule has 0 aliphatic carbocycles. The van der Waals surface area contributed by atoms with Gasteiger partial charge in [0.2, 0.25) is 5.91 Å². The molecule has 2 rings (SSSR count). The zero-order chi connectivity index (χ0) is 11.9. The highest BCUT2D eigenvalue weighted by molar-refractivity contribution is 7.81. The van der Waals surface area contributed by atoms with Gasteiger partial charge in [-0.3, -0.25) is 4.79 Å². The van der Waals surface area contributed by atoms with Crippen LogP contribution in [0.2, 0.25) is 0 Å². The van der Waals surface area contributed by atoms with Gasteiger partial charge in [-0.2, -0.15) is 12.6 Å². The molecule has 16 heavy (non-hydrogen) atoms. The summed E-state index contributed by atoms with van der Waals surface area (Å²) in [6.45, 7) is 4.37. The summed E-state index contributed by atoms with van der Waals surface area (Å²) in [7, 11) is 0. The van der Waals surface area contributed by atoms with E-state index in [1.54, 1.807) is 11.0 Å². The number of hydrogen-bond donors (Lipinski definition) is 2. The Labute approximate surface area is 100 Å². The molecule has 1 aliphatic rings. The van der Waals surface area contributed by atoms with E-state index in [0.717, 1.165) is 16.8 Å². The number of rotatable bonds is 1. The van der Waals surface area contributed by atoms with Crippen LogP contribution in [0.1, 0.15) is 17.5 Å². The van der Waals surface area contributed by atoms with Crippen LogP contribution in [0.5, 0.6) is 5.75 Å². The lowest BCUT2D eigenvalue weighted by atomic mass is 10.1. The number of phenols is 1. The smallest absolute Gasteiger partial charge is 0.228 e. The van der Waals surface area contributed by atoms with Gasteiger partial charge in [-0.25, -0.2) is 0 Å². The highest BCUT2D eigenvalue weighted by atomic mass is 32.1. The van der Waals surface area contributed by atoms with Gasteiger partial charge in [-0.1, -0.05) is 0 Å². The van der Waals surface area contributed by atoms with E-state index in [-0.39, 0.29) is 16.9 Å². The molecular weight excluding hydrogens is 222 g/mol. The van der Waals surface area contributed by atoms with Crippen LogP contribution in [0.15, 0.2) is 12.1 Å². The maximum absolute atomic E-state index is 11.7. The van der Waals surface area contributed by atoms with Crippen molar-refractivity contribution in [1.29, 1.82) is 0 Å². The van der Waals surface area contributed by atoms with Crippen LogP contribution < -0.4 is 4.90 Å². The summed E-state index contributed by atoms with van der Waals surface area (Å²) in [6.07, 6.45) is 0.489. The van der Waals surface area contributed by atoms with E-state index in [1.807, 2.05) is 19.9 Å². The van der Waals surface area contributed by atoms with Crippen molar-refractivity contribution in [3.8, 4) is 5.75 Å². The van der Waals surface area contributed by atoms with Gasteiger partial charge < -0.3 is 10.0 Å². The molecule has 1 amide bonds. The number of aromatic hydroxyl groups is 1. The van der Waals surface area contributed by atoms with Crippen LogP contribution in [-0.2, 0) is 4.79 Å². The Balaban J connectivity index is 2.41. The molecule has 0 aromatic heterocycles. The standard InChI is InChI=1S/C12H15NO2S/c1-7-4-11(14)8(2)3-10(7)13-6-9(16)5-12(13)15/h3-4,9,14,16H,5-6H2,1-2H3. The topological polar surface area (TPSA) is 40.5 Å². The van der Waals surface area contributed by atoms with Gasteiger partial charge in [0.1, 0.15) is 5.75 Å². The third kappa shape index (κ3) is 1.89. The first-order chi connectivity index (χ1) is 7.49. The van der Waals surface area contributed by atoms with Crippen molar-refractivity contribution in [2.75, 3.05) is 11.4 Å². The van der Waals surface area contributed by atoms with Crippen molar-refractivity contribution in [2.45, 2.75) is 25.5 Å². The van der Waals surface area contributed by atoms with E-state index in [9.17, 15) is 9.90 Å². The second-order valence-electron chi connectivity index (χ2n) is 4.29. The minimum Gasteiger partial charge on any atom is -0.508 e. The lowest BCUT2D eigenvalue weighted by molar-refractivity contribution is -0.117. The summed E-state index contributed by atoms with van der Waals surface area (Å²) in [5.74, 6) is 0.378. The van der Waals surface area contributed by atoms with Gasteiger partial charge in [0.05, 0.1) is 0 Å². The van der Waals surface area contributed by atoms with E-state index < -0.39 is 0 Å². The predicted octanol–water partition coefficient (Wildman–Crippen LogP) is 2.04. The molecule has 1 aliphatic heterocycles. The summed E-state index contributed by atoms with van der Waals surface area (Å²) in [6, 6.07) is 3.55. The number of carbonyl (C=O) groups excluding carboxylic acids is 1. The SMILES string of the molecule is Cc1cc(N2CC(S)CC2=O)c(C)cc1O. The molecule has 1 heterocycles. The molecule has 86 valence electrons. The van der Waals surface area contributed by atoms with E-state index in [1.165, 1.54) is 0 Å². The van der Waals surface area contributed by atoms with Crippen molar-refractivity contribution >= 4 is 24.2 Å². The van der Waals surface area contributed by atoms with Crippen LogP contribution in [0.3, 0.4) is 0 Å². The molecule has 1 N–H and O–H groups in total. The molecule has 0 spiro atoms. The lowest BCUT2D eigenvalue weighted by Crippen LogP contribution is -2.25. The molecule has 0 radical (unpaired) electrons. The van der Waals surface area contributed by atoms with Gasteiger partial charge in [-0.05, 0) is 37.1 Å². The molecule has 1 unspecified atom stereocenters. The van der Waals surface area contributed by atoms with Crippen LogP contribution in [0.25, 0.3) is 0 Å². The van der Waals surface area contributed by atoms with E-state index in [4.69, 9.17) is 0 Å². The van der Waals surface area contributed by atoms with Crippen molar-refractivity contribution in [2.24, 2.45) is 0 Å². The highest BCUT2D eigenvalue weighted by Gasteiger charge is 2.29. The van der Waals surface area contributed by atoms with Gasteiger partial charge in [-0.15, -0.1) is 0 Å². The highest BCUT2D eigenvalue weighted by Crippen LogP contribution is 2.31. The zero-order valence-corrected chi connectivity index (χ0v) is 10.3. The zero-order valence-electron chi connectivity index (χ0n) is 9.40. The molecule has 1 atom stereocenters. The number of nitrogens with zero attached hydrogens (tertiary/aromatic N) is 1. The minimum absolute atomic E-state index is 0.105. The first-order valence-electron chi connectivity index (χ1n) is 5.27. The van der Waals surface area contributed by atoms with Crippen molar-refractivity contribution in [3.05, 3.63) is 23.3 Å². The Morgan fingerprint density at radius 3 is 2.62 bits per heavy atom. The number of hydrogen-bond acceptors (Lipinski definition) is 3. The van der Waals surface area contributed by atoms with Crippen molar-refractivity contribution in [3.63, 3.8) is 0 Å². The summed E-state index contributed by atoms with van der Waals surface area (Å²) >= 11 is 4.33. The second kappa shape index (κ2) is 4.01. The normalized spacial score (nSPS) is 20.6. The Bertz CT molecular complexity index is 445. The number of aryl methyl sites for hydroxylation is 2. The van der Waals surface area contributed by atoms with E-state index >= 15 is 0 Å². The monoisotopic (exact) mass is 237 g/mol. The number of amides is 1. The third-order valence-corrected chi connectivity index (χ3v) is 3.26. The van der Waals surface area contributed by atoms with Gasteiger partial charge >= 0.3 is 0 Å². The molecule has 4 heteroatoms. The number of anilines is 1. The first-order valence-corrected chi connectivity index (χ1v) is 5.79. The van der Waals surface area contributed by atoms with Crippen LogP contribution in [0, 0.1) is 13.8 Å². The average Bonchev–Trinajstić information content (AvgIpc) is 2.51. The molecular formula is C12H15NO2S. The van der Waals surface area contributed by atoms with E-state index in [0.29, 0.717) is 13.0 Å². The minimum atomic E-state index is 0.105. The van der Waals surface area contributed by atoms with Gasteiger partial charge in [0, 0.05) is 23.9 Å². The molecule has 0 saturated carbocycles. The molecule has 1 saturated heterocycles. The summed E-state index contributed by atoms with van der Waals surface area (Å²) < 4.78 is 0.